The number of nitrogens with one attached hydrogen (secondary N) is 2. The molecule has 1 heterocycles. The molecule has 0 fully saturated rings. The van der Waals surface area contributed by atoms with E-state index in [1.54, 1.807) is 0 Å². The Labute approximate surface area is 123 Å². The third kappa shape index (κ3) is 4.21. The zero-order valence-electron chi connectivity index (χ0n) is 11.8. The quantitative estimate of drug-likeness (QED) is 0.634. The summed E-state index contributed by atoms with van der Waals surface area (Å²) in [5.74, 6) is 0. The van der Waals surface area contributed by atoms with Crippen molar-refractivity contribution in [1.29, 1.82) is 0 Å². The smallest absolute Gasteiger partial charge is 0.251 e. The zero-order chi connectivity index (χ0) is 14.4. The van der Waals surface area contributed by atoms with E-state index in [2.05, 4.69) is 34.3 Å². The average molecular weight is 289 g/mol. The molecule has 0 aliphatic heterocycles. The second-order valence-electron chi connectivity index (χ2n) is 4.58. The predicted molar refractivity (Wildman–Crippen MR) is 82.2 cm³/mol. The van der Waals surface area contributed by atoms with Crippen LogP contribution in [0.15, 0.2) is 45.2 Å². The molecule has 1 aromatic carbocycles. The molecule has 106 valence electrons. The number of aromatic nitrogens is 2. The van der Waals surface area contributed by atoms with Gasteiger partial charge in [-0.3, -0.25) is 4.79 Å². The van der Waals surface area contributed by atoms with E-state index in [1.165, 1.54) is 23.4 Å². The van der Waals surface area contributed by atoms with Gasteiger partial charge in [0.15, 0.2) is 5.16 Å². The molecule has 0 atom stereocenters. The molecule has 0 spiro atoms. The van der Waals surface area contributed by atoms with Crippen LogP contribution in [-0.4, -0.2) is 16.5 Å². The molecule has 2 rings (SSSR count). The molecular formula is C15H19N3OS. The van der Waals surface area contributed by atoms with Crippen LogP contribution >= 0.6 is 11.8 Å². The van der Waals surface area contributed by atoms with Crippen molar-refractivity contribution in [3.63, 3.8) is 0 Å². The Morgan fingerprint density at radius 2 is 2.15 bits per heavy atom. The highest BCUT2D eigenvalue weighted by Gasteiger charge is 2.06. The lowest BCUT2D eigenvalue weighted by molar-refractivity contribution is 0.669. The standard InChI is InChI=1S/C15H19N3OS/c1-3-8-16-10-12-6-4-5-7-13(12)20-15-17-11(2)9-14(19)18-15/h4-7,9,16H,3,8,10H2,1-2H3,(H,17,18,19). The molecular weight excluding hydrogens is 270 g/mol. The van der Waals surface area contributed by atoms with Gasteiger partial charge in [0, 0.05) is 23.2 Å². The molecule has 20 heavy (non-hydrogen) atoms. The first-order valence-corrected chi connectivity index (χ1v) is 7.55. The van der Waals surface area contributed by atoms with Crippen molar-refractivity contribution < 1.29 is 0 Å². The summed E-state index contributed by atoms with van der Waals surface area (Å²) >= 11 is 1.49. The molecule has 2 N–H and O–H groups in total. The highest BCUT2D eigenvalue weighted by molar-refractivity contribution is 7.99. The summed E-state index contributed by atoms with van der Waals surface area (Å²) in [6.07, 6.45) is 1.11. The second-order valence-corrected chi connectivity index (χ2v) is 5.61. The van der Waals surface area contributed by atoms with E-state index in [0.29, 0.717) is 5.16 Å². The van der Waals surface area contributed by atoms with Crippen LogP contribution in [0.1, 0.15) is 24.6 Å². The number of H-pyrrole nitrogens is 1. The van der Waals surface area contributed by atoms with Crippen LogP contribution in [0.3, 0.4) is 0 Å². The Kier molecular flexibility index (Phi) is 5.38. The van der Waals surface area contributed by atoms with Gasteiger partial charge in [-0.15, -0.1) is 0 Å². The van der Waals surface area contributed by atoms with E-state index in [4.69, 9.17) is 0 Å². The Morgan fingerprint density at radius 1 is 1.35 bits per heavy atom. The summed E-state index contributed by atoms with van der Waals surface area (Å²) in [4.78, 5) is 19.7. The minimum Gasteiger partial charge on any atom is -0.313 e. The molecule has 0 unspecified atom stereocenters. The van der Waals surface area contributed by atoms with Crippen LogP contribution in [0, 0.1) is 6.92 Å². The molecule has 4 nitrogen and oxygen atoms in total. The Bertz CT molecular complexity index is 625. The van der Waals surface area contributed by atoms with Crippen LogP contribution in [-0.2, 0) is 6.54 Å². The van der Waals surface area contributed by atoms with Crippen molar-refractivity contribution in [1.82, 2.24) is 15.3 Å². The van der Waals surface area contributed by atoms with Crippen molar-refractivity contribution in [2.24, 2.45) is 0 Å². The SMILES string of the molecule is CCCNCc1ccccc1Sc1nc(C)cc(=O)[nH]1. The van der Waals surface area contributed by atoms with E-state index in [1.807, 2.05) is 19.1 Å². The maximum Gasteiger partial charge on any atom is 0.251 e. The molecule has 0 amide bonds. The average Bonchev–Trinajstić information content (AvgIpc) is 2.40. The monoisotopic (exact) mass is 289 g/mol. The Hall–Kier alpha value is -1.59. The van der Waals surface area contributed by atoms with Gasteiger partial charge in [-0.05, 0) is 31.5 Å². The lowest BCUT2D eigenvalue weighted by Crippen LogP contribution is -2.14. The van der Waals surface area contributed by atoms with Gasteiger partial charge >= 0.3 is 0 Å². The van der Waals surface area contributed by atoms with Crippen molar-refractivity contribution in [3.05, 3.63) is 51.9 Å². The molecule has 0 saturated carbocycles. The summed E-state index contributed by atoms with van der Waals surface area (Å²) in [7, 11) is 0. The number of benzene rings is 1. The molecule has 1 aromatic heterocycles. The molecule has 0 aliphatic rings. The fourth-order valence-corrected chi connectivity index (χ4v) is 2.82. The van der Waals surface area contributed by atoms with Crippen LogP contribution in [0.4, 0.5) is 0 Å². The number of hydrogen-bond donors (Lipinski definition) is 2. The Morgan fingerprint density at radius 3 is 2.90 bits per heavy atom. The maximum absolute atomic E-state index is 11.5. The van der Waals surface area contributed by atoms with Gasteiger partial charge in [0.25, 0.3) is 5.56 Å². The van der Waals surface area contributed by atoms with Crippen molar-refractivity contribution in [2.75, 3.05) is 6.54 Å². The van der Waals surface area contributed by atoms with Crippen molar-refractivity contribution >= 4 is 11.8 Å². The normalized spacial score (nSPS) is 10.7. The first-order valence-electron chi connectivity index (χ1n) is 6.73. The van der Waals surface area contributed by atoms with E-state index in [-0.39, 0.29) is 5.56 Å². The summed E-state index contributed by atoms with van der Waals surface area (Å²) < 4.78 is 0. The zero-order valence-corrected chi connectivity index (χ0v) is 12.6. The largest absolute Gasteiger partial charge is 0.313 e. The second kappa shape index (κ2) is 7.26. The third-order valence-corrected chi connectivity index (χ3v) is 3.77. The fraction of sp³-hybridized carbons (Fsp3) is 0.333. The molecule has 0 radical (unpaired) electrons. The minimum absolute atomic E-state index is 0.110. The number of aromatic amines is 1. The van der Waals surface area contributed by atoms with E-state index < -0.39 is 0 Å². The molecule has 0 aliphatic carbocycles. The first-order chi connectivity index (χ1) is 9.69. The maximum atomic E-state index is 11.5. The van der Waals surface area contributed by atoms with Gasteiger partial charge in [-0.25, -0.2) is 4.98 Å². The highest BCUT2D eigenvalue weighted by Crippen LogP contribution is 2.27. The van der Waals surface area contributed by atoms with E-state index in [9.17, 15) is 4.79 Å². The van der Waals surface area contributed by atoms with Crippen LogP contribution in [0.5, 0.6) is 0 Å². The number of hydrogen-bond acceptors (Lipinski definition) is 4. The summed E-state index contributed by atoms with van der Waals surface area (Å²) in [5.41, 5.74) is 1.84. The van der Waals surface area contributed by atoms with Gasteiger partial charge in [0.05, 0.1) is 0 Å². The number of nitrogens with zero attached hydrogens (tertiary/aromatic N) is 1. The third-order valence-electron chi connectivity index (χ3n) is 2.77. The van der Waals surface area contributed by atoms with E-state index >= 15 is 0 Å². The summed E-state index contributed by atoms with van der Waals surface area (Å²) in [6, 6.07) is 9.67. The summed E-state index contributed by atoms with van der Waals surface area (Å²) in [5, 5.41) is 4.03. The van der Waals surface area contributed by atoms with Gasteiger partial charge in [0.1, 0.15) is 0 Å². The van der Waals surface area contributed by atoms with Gasteiger partial charge < -0.3 is 10.3 Å². The van der Waals surface area contributed by atoms with Crippen LogP contribution in [0.2, 0.25) is 0 Å². The van der Waals surface area contributed by atoms with Gasteiger partial charge in [-0.1, -0.05) is 36.9 Å². The van der Waals surface area contributed by atoms with Crippen molar-refractivity contribution in [3.8, 4) is 0 Å². The molecule has 5 heteroatoms. The van der Waals surface area contributed by atoms with Crippen molar-refractivity contribution in [2.45, 2.75) is 36.9 Å². The molecule has 0 saturated heterocycles. The lowest BCUT2D eigenvalue weighted by atomic mass is 10.2. The summed E-state index contributed by atoms with van der Waals surface area (Å²) in [6.45, 7) is 5.80. The highest BCUT2D eigenvalue weighted by atomic mass is 32.2. The van der Waals surface area contributed by atoms with E-state index in [0.717, 1.165) is 30.1 Å². The minimum atomic E-state index is -0.110. The first kappa shape index (κ1) is 14.8. The Balaban J connectivity index is 2.17. The van der Waals surface area contributed by atoms with Gasteiger partial charge in [0.2, 0.25) is 0 Å². The lowest BCUT2D eigenvalue weighted by Gasteiger charge is -2.09. The fourth-order valence-electron chi connectivity index (χ4n) is 1.85. The van der Waals surface area contributed by atoms with Gasteiger partial charge in [-0.2, -0.15) is 0 Å². The topological polar surface area (TPSA) is 57.8 Å². The van der Waals surface area contributed by atoms with Crippen LogP contribution in [0.25, 0.3) is 0 Å². The molecule has 0 bridgehead atoms. The predicted octanol–water partition coefficient (Wildman–Crippen LogP) is 2.73. The number of aryl methyl sites for hydroxylation is 1. The number of rotatable bonds is 6. The van der Waals surface area contributed by atoms with Crippen LogP contribution < -0.4 is 10.9 Å². The molecule has 2 aromatic rings.